The SMILES string of the molecule is COc1ccc2c(c1)c(=O)c(C(=O)Nc1ccc(F)c(Cl)c1)cn2CCCCCC(=O)Nc1ccccc1N. The maximum atomic E-state index is 13.5. The monoisotopic (exact) mass is 550 g/mol. The van der Waals surface area contributed by atoms with Gasteiger partial charge in [0.25, 0.3) is 5.91 Å². The number of nitrogens with zero attached hydrogens (tertiary/aromatic N) is 1. The molecule has 0 saturated heterocycles. The first-order valence-corrected chi connectivity index (χ1v) is 12.8. The molecule has 4 aromatic rings. The van der Waals surface area contributed by atoms with E-state index in [0.29, 0.717) is 53.8 Å². The van der Waals surface area contributed by atoms with E-state index >= 15 is 0 Å². The molecule has 0 aliphatic rings. The predicted octanol–water partition coefficient (Wildman–Crippen LogP) is 5.84. The first-order valence-electron chi connectivity index (χ1n) is 12.4. The van der Waals surface area contributed by atoms with Crippen molar-refractivity contribution >= 4 is 51.4 Å². The average Bonchev–Trinajstić information content (AvgIpc) is 2.92. The maximum absolute atomic E-state index is 13.5. The number of amides is 2. The van der Waals surface area contributed by atoms with E-state index in [1.54, 1.807) is 42.5 Å². The van der Waals surface area contributed by atoms with Crippen molar-refractivity contribution in [1.29, 1.82) is 0 Å². The smallest absolute Gasteiger partial charge is 0.261 e. The molecule has 10 heteroatoms. The van der Waals surface area contributed by atoms with Gasteiger partial charge in [-0.2, -0.15) is 0 Å². The highest BCUT2D eigenvalue weighted by Crippen LogP contribution is 2.22. The minimum absolute atomic E-state index is 0.0731. The van der Waals surface area contributed by atoms with Crippen LogP contribution in [-0.2, 0) is 11.3 Å². The number of unbranched alkanes of at least 4 members (excludes halogenated alkanes) is 2. The third kappa shape index (κ3) is 6.74. The maximum Gasteiger partial charge on any atom is 0.261 e. The number of fused-ring (bicyclic) bond motifs is 1. The molecule has 8 nitrogen and oxygen atoms in total. The molecular weight excluding hydrogens is 523 g/mol. The fourth-order valence-corrected chi connectivity index (χ4v) is 4.37. The van der Waals surface area contributed by atoms with Gasteiger partial charge in [-0.3, -0.25) is 14.4 Å². The second kappa shape index (κ2) is 12.4. The zero-order chi connectivity index (χ0) is 27.9. The van der Waals surface area contributed by atoms with E-state index in [9.17, 15) is 18.8 Å². The van der Waals surface area contributed by atoms with Crippen molar-refractivity contribution in [2.45, 2.75) is 32.2 Å². The Labute approximate surface area is 229 Å². The Kier molecular flexibility index (Phi) is 8.83. The zero-order valence-corrected chi connectivity index (χ0v) is 22.1. The summed E-state index contributed by atoms with van der Waals surface area (Å²) in [6.07, 6.45) is 3.96. The van der Waals surface area contributed by atoms with E-state index < -0.39 is 17.2 Å². The van der Waals surface area contributed by atoms with Crippen LogP contribution in [0.3, 0.4) is 0 Å². The number of benzene rings is 3. The van der Waals surface area contributed by atoms with Crippen LogP contribution < -0.4 is 26.5 Å². The van der Waals surface area contributed by atoms with Gasteiger partial charge in [0.15, 0.2) is 0 Å². The molecule has 0 aliphatic carbocycles. The van der Waals surface area contributed by atoms with E-state index in [4.69, 9.17) is 22.1 Å². The first-order chi connectivity index (χ1) is 18.8. The fourth-order valence-electron chi connectivity index (χ4n) is 4.19. The molecule has 0 spiro atoms. The van der Waals surface area contributed by atoms with Crippen LogP contribution in [0.25, 0.3) is 10.9 Å². The highest BCUT2D eigenvalue weighted by atomic mass is 35.5. The third-order valence-corrected chi connectivity index (χ3v) is 6.54. The van der Waals surface area contributed by atoms with Gasteiger partial charge in [0.05, 0.1) is 34.4 Å². The van der Waals surface area contributed by atoms with Gasteiger partial charge in [0.2, 0.25) is 11.3 Å². The van der Waals surface area contributed by atoms with Crippen molar-refractivity contribution in [1.82, 2.24) is 4.57 Å². The van der Waals surface area contributed by atoms with E-state index in [2.05, 4.69) is 10.6 Å². The number of methoxy groups -OCH3 is 1. The number of nitrogen functional groups attached to an aromatic ring is 1. The predicted molar refractivity (Wildman–Crippen MR) is 152 cm³/mol. The summed E-state index contributed by atoms with van der Waals surface area (Å²) in [5.41, 5.74) is 7.36. The van der Waals surface area contributed by atoms with Crippen molar-refractivity contribution in [2.75, 3.05) is 23.5 Å². The van der Waals surface area contributed by atoms with Crippen LogP contribution in [0.15, 0.2) is 71.7 Å². The fraction of sp³-hybridized carbons (Fsp3) is 0.207. The lowest BCUT2D eigenvalue weighted by atomic mass is 10.1. The number of halogens is 2. The summed E-state index contributed by atoms with van der Waals surface area (Å²) in [7, 11) is 1.50. The summed E-state index contributed by atoms with van der Waals surface area (Å²) < 4.78 is 20.6. The molecule has 0 fully saturated rings. The molecule has 3 aromatic carbocycles. The van der Waals surface area contributed by atoms with Crippen LogP contribution >= 0.6 is 11.6 Å². The number of aryl methyl sites for hydroxylation is 1. The minimum Gasteiger partial charge on any atom is -0.497 e. The molecule has 0 unspecified atom stereocenters. The number of rotatable bonds is 10. The summed E-state index contributed by atoms with van der Waals surface area (Å²) >= 11 is 5.82. The Bertz CT molecular complexity index is 1590. The number of hydrogen-bond acceptors (Lipinski definition) is 5. The molecule has 4 N–H and O–H groups in total. The topological polar surface area (TPSA) is 115 Å². The van der Waals surface area contributed by atoms with Crippen LogP contribution in [0.1, 0.15) is 36.0 Å². The van der Waals surface area contributed by atoms with E-state index in [0.717, 1.165) is 12.5 Å². The highest BCUT2D eigenvalue weighted by Gasteiger charge is 2.17. The lowest BCUT2D eigenvalue weighted by Crippen LogP contribution is -2.24. The second-order valence-corrected chi connectivity index (χ2v) is 9.38. The van der Waals surface area contributed by atoms with Crippen LogP contribution in [-0.4, -0.2) is 23.5 Å². The molecule has 39 heavy (non-hydrogen) atoms. The average molecular weight is 551 g/mol. The number of carbonyl (C=O) groups is 2. The number of nitrogens with one attached hydrogen (secondary N) is 2. The van der Waals surface area contributed by atoms with Gasteiger partial charge in [-0.15, -0.1) is 0 Å². The number of para-hydroxylation sites is 2. The number of anilines is 3. The highest BCUT2D eigenvalue weighted by molar-refractivity contribution is 6.31. The molecule has 1 aromatic heterocycles. The summed E-state index contributed by atoms with van der Waals surface area (Å²) in [6, 6.07) is 16.0. The van der Waals surface area contributed by atoms with E-state index in [-0.39, 0.29) is 22.2 Å². The van der Waals surface area contributed by atoms with Crippen LogP contribution in [0.4, 0.5) is 21.5 Å². The van der Waals surface area contributed by atoms with Gasteiger partial charge < -0.3 is 25.7 Å². The molecule has 2 amide bonds. The molecule has 202 valence electrons. The van der Waals surface area contributed by atoms with E-state index in [1.807, 2.05) is 4.57 Å². The van der Waals surface area contributed by atoms with Gasteiger partial charge in [-0.25, -0.2) is 4.39 Å². The number of hydrogen-bond donors (Lipinski definition) is 3. The molecule has 4 rings (SSSR count). The molecule has 0 saturated carbocycles. The third-order valence-electron chi connectivity index (χ3n) is 6.25. The van der Waals surface area contributed by atoms with Crippen LogP contribution in [0.2, 0.25) is 5.02 Å². The lowest BCUT2D eigenvalue weighted by molar-refractivity contribution is -0.116. The minimum atomic E-state index is -0.641. The summed E-state index contributed by atoms with van der Waals surface area (Å²) in [5, 5.41) is 5.62. The summed E-state index contributed by atoms with van der Waals surface area (Å²) in [5.74, 6) is -0.887. The number of pyridine rings is 1. The zero-order valence-electron chi connectivity index (χ0n) is 21.3. The molecule has 1 heterocycles. The first kappa shape index (κ1) is 27.7. The Balaban J connectivity index is 1.47. The van der Waals surface area contributed by atoms with Crippen molar-refractivity contribution in [2.24, 2.45) is 0 Å². The van der Waals surface area contributed by atoms with Crippen molar-refractivity contribution in [3.05, 3.63) is 93.5 Å². The summed E-state index contributed by atoms with van der Waals surface area (Å²) in [6.45, 7) is 0.513. The van der Waals surface area contributed by atoms with Crippen LogP contribution in [0, 0.1) is 5.82 Å². The van der Waals surface area contributed by atoms with E-state index in [1.165, 1.54) is 25.4 Å². The lowest BCUT2D eigenvalue weighted by Gasteiger charge is -2.15. The molecule has 0 atom stereocenters. The van der Waals surface area contributed by atoms with Gasteiger partial charge >= 0.3 is 0 Å². The number of aromatic nitrogens is 1. The van der Waals surface area contributed by atoms with Gasteiger partial charge in [0, 0.05) is 24.8 Å². The quantitative estimate of drug-likeness (QED) is 0.169. The molecular formula is C29H28ClFN4O4. The Hall–Kier alpha value is -4.37. The Morgan fingerprint density at radius 3 is 2.56 bits per heavy atom. The largest absolute Gasteiger partial charge is 0.497 e. The van der Waals surface area contributed by atoms with Crippen molar-refractivity contribution in [3.8, 4) is 5.75 Å². The number of carbonyl (C=O) groups excluding carboxylic acids is 2. The molecule has 0 radical (unpaired) electrons. The molecule has 0 bridgehead atoms. The van der Waals surface area contributed by atoms with Crippen molar-refractivity contribution in [3.63, 3.8) is 0 Å². The standard InChI is InChI=1S/C29H28ClFN4O4/c1-39-19-11-13-26-20(16-19)28(37)21(29(38)33-18-10-12-23(31)22(30)15-18)17-35(26)14-6-2-3-9-27(36)34-25-8-5-4-7-24(25)32/h4-5,7-8,10-13,15-17H,2-3,6,9,14,32H2,1H3,(H,33,38)(H,34,36). The van der Waals surface area contributed by atoms with Gasteiger partial charge in [-0.1, -0.05) is 30.2 Å². The van der Waals surface area contributed by atoms with Crippen LogP contribution in [0.5, 0.6) is 5.75 Å². The van der Waals surface area contributed by atoms with Crippen molar-refractivity contribution < 1.29 is 18.7 Å². The van der Waals surface area contributed by atoms with Gasteiger partial charge in [-0.05, 0) is 61.4 Å². The Morgan fingerprint density at radius 2 is 1.82 bits per heavy atom. The normalized spacial score (nSPS) is 10.8. The number of ether oxygens (including phenoxy) is 1. The number of nitrogens with two attached hydrogens (primary N) is 1. The summed E-state index contributed by atoms with van der Waals surface area (Å²) in [4.78, 5) is 38.6. The second-order valence-electron chi connectivity index (χ2n) is 8.98. The molecule has 0 aliphatic heterocycles. The van der Waals surface area contributed by atoms with Gasteiger partial charge in [0.1, 0.15) is 17.1 Å². The Morgan fingerprint density at radius 1 is 1.03 bits per heavy atom.